The van der Waals surface area contributed by atoms with E-state index in [1.807, 2.05) is 11.3 Å². The van der Waals surface area contributed by atoms with Crippen molar-refractivity contribution in [2.24, 2.45) is 0 Å². The molecule has 9 rings (SSSR count). The van der Waals surface area contributed by atoms with Crippen molar-refractivity contribution in [3.05, 3.63) is 146 Å². The van der Waals surface area contributed by atoms with Crippen LogP contribution in [0.4, 0.5) is 0 Å². The van der Waals surface area contributed by atoms with E-state index in [9.17, 15) is 0 Å². The quantitative estimate of drug-likeness (QED) is 0.212. The van der Waals surface area contributed by atoms with Gasteiger partial charge in [-0.3, -0.25) is 0 Å². The highest BCUT2D eigenvalue weighted by Crippen LogP contribution is 2.48. The molecule has 0 fully saturated rings. The molecule has 0 saturated heterocycles. The van der Waals surface area contributed by atoms with Gasteiger partial charge in [0.15, 0.2) is 0 Å². The summed E-state index contributed by atoms with van der Waals surface area (Å²) in [6, 6.07) is 52.6. The SMILES string of the molecule is c1ccc(-c2cc(-c3ccc4c(c3)-c3cccc5cccc(c35)O4)cc(-c3cccc4c3sc3ccccc34)c2)cc1. The van der Waals surface area contributed by atoms with E-state index >= 15 is 0 Å². The summed E-state index contributed by atoms with van der Waals surface area (Å²) < 4.78 is 9.06. The largest absolute Gasteiger partial charge is 0.456 e. The highest BCUT2D eigenvalue weighted by atomic mass is 32.1. The predicted octanol–water partition coefficient (Wildman–Crippen LogP) is 12.0. The minimum atomic E-state index is 0.902. The summed E-state index contributed by atoms with van der Waals surface area (Å²) in [5.41, 5.74) is 9.65. The highest BCUT2D eigenvalue weighted by molar-refractivity contribution is 7.26. The van der Waals surface area contributed by atoms with Gasteiger partial charge in [-0.15, -0.1) is 11.3 Å². The zero-order valence-electron chi connectivity index (χ0n) is 22.7. The molecule has 2 heteroatoms. The average molecular weight is 553 g/mol. The Bertz CT molecular complexity index is 2320. The maximum absolute atomic E-state index is 6.40. The first kappa shape index (κ1) is 23.5. The molecule has 7 aromatic carbocycles. The van der Waals surface area contributed by atoms with Crippen LogP contribution in [0.25, 0.3) is 75.5 Å². The van der Waals surface area contributed by atoms with E-state index in [0.717, 1.165) is 17.1 Å². The molecule has 42 heavy (non-hydrogen) atoms. The molecule has 1 nitrogen and oxygen atoms in total. The summed E-state index contributed by atoms with van der Waals surface area (Å²) in [6.45, 7) is 0. The van der Waals surface area contributed by atoms with Crippen molar-refractivity contribution >= 4 is 42.3 Å². The molecule has 0 radical (unpaired) electrons. The molecule has 0 atom stereocenters. The smallest absolute Gasteiger partial charge is 0.135 e. The fourth-order valence-corrected chi connectivity index (χ4v) is 7.70. The lowest BCUT2D eigenvalue weighted by Gasteiger charge is -2.22. The molecular weight excluding hydrogens is 529 g/mol. The topological polar surface area (TPSA) is 9.23 Å². The Morgan fingerprint density at radius 1 is 0.405 bits per heavy atom. The summed E-state index contributed by atoms with van der Waals surface area (Å²) in [5.74, 6) is 1.83. The van der Waals surface area contributed by atoms with Crippen LogP contribution in [0.1, 0.15) is 0 Å². The van der Waals surface area contributed by atoms with Crippen molar-refractivity contribution in [2.45, 2.75) is 0 Å². The Labute approximate surface area is 247 Å². The summed E-state index contributed by atoms with van der Waals surface area (Å²) in [6.07, 6.45) is 0. The monoisotopic (exact) mass is 552 g/mol. The second-order valence-corrected chi connectivity index (χ2v) is 12.0. The van der Waals surface area contributed by atoms with Crippen LogP contribution in [-0.4, -0.2) is 0 Å². The number of hydrogen-bond acceptors (Lipinski definition) is 2. The molecular formula is C40H24OS. The van der Waals surface area contributed by atoms with E-state index in [4.69, 9.17) is 4.74 Å². The van der Waals surface area contributed by atoms with E-state index < -0.39 is 0 Å². The fraction of sp³-hybridized carbons (Fsp3) is 0. The molecule has 1 aliphatic rings. The number of hydrogen-bond donors (Lipinski definition) is 0. The second kappa shape index (κ2) is 9.17. The predicted molar refractivity (Wildman–Crippen MR) is 179 cm³/mol. The van der Waals surface area contributed by atoms with E-state index in [-0.39, 0.29) is 0 Å². The molecule has 8 aromatic rings. The van der Waals surface area contributed by atoms with Crippen LogP contribution in [0, 0.1) is 0 Å². The van der Waals surface area contributed by atoms with E-state index in [1.54, 1.807) is 0 Å². The van der Waals surface area contributed by atoms with Crippen LogP contribution in [0.3, 0.4) is 0 Å². The third-order valence-electron chi connectivity index (χ3n) is 8.44. The van der Waals surface area contributed by atoms with Gasteiger partial charge in [0, 0.05) is 31.1 Å². The van der Waals surface area contributed by atoms with Crippen LogP contribution in [0.5, 0.6) is 11.5 Å². The van der Waals surface area contributed by atoms with Gasteiger partial charge < -0.3 is 4.74 Å². The van der Waals surface area contributed by atoms with Crippen LogP contribution in [0.15, 0.2) is 146 Å². The molecule has 196 valence electrons. The Kier molecular flexibility index (Phi) is 5.13. The summed E-state index contributed by atoms with van der Waals surface area (Å²) in [4.78, 5) is 0. The van der Waals surface area contributed by atoms with Crippen molar-refractivity contribution in [1.29, 1.82) is 0 Å². The van der Waals surface area contributed by atoms with Gasteiger partial charge in [-0.2, -0.15) is 0 Å². The second-order valence-electron chi connectivity index (χ2n) is 10.9. The minimum Gasteiger partial charge on any atom is -0.456 e. The minimum absolute atomic E-state index is 0.902. The Morgan fingerprint density at radius 3 is 2.02 bits per heavy atom. The molecule has 0 N–H and O–H groups in total. The van der Waals surface area contributed by atoms with Crippen molar-refractivity contribution in [1.82, 2.24) is 0 Å². The fourth-order valence-electron chi connectivity index (χ4n) is 6.47. The lowest BCUT2D eigenvalue weighted by molar-refractivity contribution is 0.487. The summed E-state index contributed by atoms with van der Waals surface area (Å²) >= 11 is 1.88. The number of thiophene rings is 1. The van der Waals surface area contributed by atoms with Gasteiger partial charge in [0.1, 0.15) is 11.5 Å². The van der Waals surface area contributed by atoms with Crippen molar-refractivity contribution in [2.75, 3.05) is 0 Å². The van der Waals surface area contributed by atoms with Gasteiger partial charge in [0.25, 0.3) is 0 Å². The molecule has 0 unspecified atom stereocenters. The molecule has 0 amide bonds. The van der Waals surface area contributed by atoms with Gasteiger partial charge in [-0.1, -0.05) is 103 Å². The maximum atomic E-state index is 6.40. The average Bonchev–Trinajstić information content (AvgIpc) is 3.44. The zero-order chi connectivity index (χ0) is 27.6. The summed E-state index contributed by atoms with van der Waals surface area (Å²) in [7, 11) is 0. The van der Waals surface area contributed by atoms with E-state index in [0.29, 0.717) is 0 Å². The third-order valence-corrected chi connectivity index (χ3v) is 9.66. The number of rotatable bonds is 3. The van der Waals surface area contributed by atoms with Crippen LogP contribution >= 0.6 is 11.3 Å². The Balaban J connectivity index is 1.27. The van der Waals surface area contributed by atoms with Crippen molar-refractivity contribution < 1.29 is 4.74 Å². The molecule has 1 aliphatic heterocycles. The third kappa shape index (κ3) is 3.62. The maximum Gasteiger partial charge on any atom is 0.135 e. The van der Waals surface area contributed by atoms with Gasteiger partial charge >= 0.3 is 0 Å². The zero-order valence-corrected chi connectivity index (χ0v) is 23.5. The lowest BCUT2D eigenvalue weighted by atomic mass is 9.90. The standard InChI is InChI=1S/C40H24OS/c1-2-9-25(10-3-1)28-21-29(23-30(22-28)31-14-8-16-34-32-13-4-5-18-38(32)42-40(31)34)27-19-20-36-35(24-27)33-15-6-11-26-12-7-17-37(41-36)39(26)33/h1-24H. The van der Waals surface area contributed by atoms with Gasteiger partial charge in [0.2, 0.25) is 0 Å². The lowest BCUT2D eigenvalue weighted by Crippen LogP contribution is -1.97. The molecule has 0 aliphatic carbocycles. The van der Waals surface area contributed by atoms with E-state index in [1.165, 1.54) is 69.9 Å². The molecule has 1 aromatic heterocycles. The molecule has 0 bridgehead atoms. The first-order valence-electron chi connectivity index (χ1n) is 14.3. The van der Waals surface area contributed by atoms with E-state index in [2.05, 4.69) is 146 Å². The number of ether oxygens (including phenoxy) is 1. The Hall–Kier alpha value is -5.18. The van der Waals surface area contributed by atoms with Crippen molar-refractivity contribution in [3.8, 4) is 56.0 Å². The molecule has 2 heterocycles. The van der Waals surface area contributed by atoms with Crippen LogP contribution in [0.2, 0.25) is 0 Å². The number of benzene rings is 7. The number of fused-ring (bicyclic) bond motifs is 5. The summed E-state index contributed by atoms with van der Waals surface area (Å²) in [5, 5.41) is 5.02. The Morgan fingerprint density at radius 2 is 1.12 bits per heavy atom. The first-order valence-corrected chi connectivity index (χ1v) is 15.1. The van der Waals surface area contributed by atoms with Gasteiger partial charge in [-0.25, -0.2) is 0 Å². The van der Waals surface area contributed by atoms with Crippen LogP contribution in [-0.2, 0) is 0 Å². The van der Waals surface area contributed by atoms with Crippen LogP contribution < -0.4 is 4.74 Å². The normalized spacial score (nSPS) is 12.0. The first-order chi connectivity index (χ1) is 20.8. The van der Waals surface area contributed by atoms with Crippen molar-refractivity contribution in [3.63, 3.8) is 0 Å². The molecule has 0 saturated carbocycles. The highest BCUT2D eigenvalue weighted by Gasteiger charge is 2.21. The van der Waals surface area contributed by atoms with Gasteiger partial charge in [-0.05, 0) is 86.8 Å². The van der Waals surface area contributed by atoms with Gasteiger partial charge in [0.05, 0.1) is 0 Å². The molecule has 0 spiro atoms.